The number of anilines is 1. The summed E-state index contributed by atoms with van der Waals surface area (Å²) in [5.41, 5.74) is -0.111. The molecule has 2 rings (SSSR count). The zero-order valence-corrected chi connectivity index (χ0v) is 15.5. The van der Waals surface area contributed by atoms with E-state index in [9.17, 15) is 22.0 Å². The van der Waals surface area contributed by atoms with Crippen LogP contribution in [0.5, 0.6) is 0 Å². The monoisotopic (exact) mass is 402 g/mol. The SMILES string of the molecule is CC(C)C(NS(=O)(=O)c1cccc(Cl)c1)C(=O)Nc1cc(F)cc(F)c1. The van der Waals surface area contributed by atoms with Gasteiger partial charge in [-0.1, -0.05) is 31.5 Å². The van der Waals surface area contributed by atoms with Gasteiger partial charge in [-0.3, -0.25) is 4.79 Å². The first-order chi connectivity index (χ1) is 12.1. The summed E-state index contributed by atoms with van der Waals surface area (Å²) in [6, 6.07) is 6.95. The second-order valence-electron chi connectivity index (χ2n) is 5.95. The summed E-state index contributed by atoms with van der Waals surface area (Å²) in [6.07, 6.45) is 0. The number of hydrogen-bond donors (Lipinski definition) is 2. The average molecular weight is 403 g/mol. The first-order valence-corrected chi connectivity index (χ1v) is 9.49. The molecule has 0 spiro atoms. The topological polar surface area (TPSA) is 75.3 Å². The standard InChI is InChI=1S/C17H17ClF2N2O3S/c1-10(2)16(17(23)21-14-8-12(19)7-13(20)9-14)22-26(24,25)15-5-3-4-11(18)6-15/h3-10,16,22H,1-2H3,(H,21,23). The molecule has 0 heterocycles. The number of benzene rings is 2. The number of rotatable bonds is 6. The van der Waals surface area contributed by atoms with Crippen molar-refractivity contribution in [3.05, 3.63) is 59.1 Å². The van der Waals surface area contributed by atoms with E-state index in [0.29, 0.717) is 6.07 Å². The van der Waals surface area contributed by atoms with Crippen LogP contribution in [0.3, 0.4) is 0 Å². The van der Waals surface area contributed by atoms with E-state index in [2.05, 4.69) is 10.0 Å². The quantitative estimate of drug-likeness (QED) is 0.775. The zero-order valence-electron chi connectivity index (χ0n) is 14.0. The normalized spacial score (nSPS) is 12.8. The number of amides is 1. The van der Waals surface area contributed by atoms with Gasteiger partial charge in [0.25, 0.3) is 0 Å². The molecule has 26 heavy (non-hydrogen) atoms. The van der Waals surface area contributed by atoms with E-state index in [4.69, 9.17) is 11.6 Å². The van der Waals surface area contributed by atoms with Gasteiger partial charge in [-0.25, -0.2) is 17.2 Å². The maximum Gasteiger partial charge on any atom is 0.242 e. The largest absolute Gasteiger partial charge is 0.324 e. The van der Waals surface area contributed by atoms with Gasteiger partial charge in [-0.15, -0.1) is 0 Å². The van der Waals surface area contributed by atoms with Crippen LogP contribution in [0.4, 0.5) is 14.5 Å². The minimum Gasteiger partial charge on any atom is -0.324 e. The summed E-state index contributed by atoms with van der Waals surface area (Å²) in [5.74, 6) is -2.89. The Bertz CT molecular complexity index is 900. The van der Waals surface area contributed by atoms with E-state index >= 15 is 0 Å². The molecule has 0 aliphatic rings. The number of sulfonamides is 1. The van der Waals surface area contributed by atoms with Crippen LogP contribution >= 0.6 is 11.6 Å². The highest BCUT2D eigenvalue weighted by Crippen LogP contribution is 2.18. The molecule has 5 nitrogen and oxygen atoms in total. The fourth-order valence-corrected chi connectivity index (χ4v) is 3.85. The molecule has 0 bridgehead atoms. The lowest BCUT2D eigenvalue weighted by Crippen LogP contribution is -2.47. The minimum absolute atomic E-state index is 0.0970. The lowest BCUT2D eigenvalue weighted by Gasteiger charge is -2.21. The third-order valence-corrected chi connectivity index (χ3v) is 5.14. The van der Waals surface area contributed by atoms with Crippen molar-refractivity contribution >= 4 is 33.2 Å². The summed E-state index contributed by atoms with van der Waals surface area (Å²) in [5, 5.41) is 2.55. The van der Waals surface area contributed by atoms with Gasteiger partial charge in [-0.05, 0) is 36.2 Å². The lowest BCUT2D eigenvalue weighted by atomic mass is 10.0. The van der Waals surface area contributed by atoms with Crippen molar-refractivity contribution in [3.8, 4) is 0 Å². The van der Waals surface area contributed by atoms with Crippen molar-refractivity contribution in [2.75, 3.05) is 5.32 Å². The first kappa shape index (κ1) is 20.3. The van der Waals surface area contributed by atoms with Gasteiger partial charge in [0, 0.05) is 16.8 Å². The molecular weight excluding hydrogens is 386 g/mol. The molecule has 2 N–H and O–H groups in total. The molecule has 2 aromatic rings. The molecule has 1 unspecified atom stereocenters. The number of halogens is 3. The van der Waals surface area contributed by atoms with E-state index in [1.54, 1.807) is 13.8 Å². The first-order valence-electron chi connectivity index (χ1n) is 7.63. The Balaban J connectivity index is 2.24. The van der Waals surface area contributed by atoms with Gasteiger partial charge in [0.05, 0.1) is 4.90 Å². The fraction of sp³-hybridized carbons (Fsp3) is 0.235. The molecule has 0 aromatic heterocycles. The van der Waals surface area contributed by atoms with E-state index < -0.39 is 39.5 Å². The summed E-state index contributed by atoms with van der Waals surface area (Å²) in [6.45, 7) is 3.27. The van der Waals surface area contributed by atoms with Gasteiger partial charge < -0.3 is 5.32 Å². The molecule has 140 valence electrons. The van der Waals surface area contributed by atoms with Crippen molar-refractivity contribution < 1.29 is 22.0 Å². The van der Waals surface area contributed by atoms with E-state index in [1.165, 1.54) is 24.3 Å². The predicted molar refractivity (Wildman–Crippen MR) is 95.4 cm³/mol. The number of nitrogens with one attached hydrogen (secondary N) is 2. The zero-order chi connectivity index (χ0) is 19.5. The molecule has 9 heteroatoms. The highest BCUT2D eigenvalue weighted by Gasteiger charge is 2.28. The molecule has 0 saturated heterocycles. The Labute approximate surface area is 155 Å². The Morgan fingerprint density at radius 3 is 2.23 bits per heavy atom. The molecule has 0 fully saturated rings. The predicted octanol–water partition coefficient (Wildman–Crippen LogP) is 3.56. The van der Waals surface area contributed by atoms with Crippen LogP contribution < -0.4 is 10.0 Å². The van der Waals surface area contributed by atoms with Gasteiger partial charge in [0.1, 0.15) is 17.7 Å². The number of hydrogen-bond acceptors (Lipinski definition) is 3. The van der Waals surface area contributed by atoms with Crippen LogP contribution in [0.15, 0.2) is 47.4 Å². The third-order valence-electron chi connectivity index (χ3n) is 3.47. The Morgan fingerprint density at radius 2 is 1.69 bits per heavy atom. The van der Waals surface area contributed by atoms with E-state index in [1.807, 2.05) is 0 Å². The molecule has 0 radical (unpaired) electrons. The van der Waals surface area contributed by atoms with Gasteiger partial charge in [-0.2, -0.15) is 4.72 Å². The Kier molecular flexibility index (Phi) is 6.33. The van der Waals surface area contributed by atoms with Gasteiger partial charge >= 0.3 is 0 Å². The second-order valence-corrected chi connectivity index (χ2v) is 8.10. The van der Waals surface area contributed by atoms with E-state index in [0.717, 1.165) is 12.1 Å². The van der Waals surface area contributed by atoms with Crippen LogP contribution in [0, 0.1) is 17.6 Å². The number of carbonyl (C=O) groups is 1. The van der Waals surface area contributed by atoms with Crippen molar-refractivity contribution in [1.29, 1.82) is 0 Å². The summed E-state index contributed by atoms with van der Waals surface area (Å²) in [7, 11) is -4.02. The maximum absolute atomic E-state index is 13.3. The van der Waals surface area contributed by atoms with Crippen LogP contribution in [0.2, 0.25) is 5.02 Å². The van der Waals surface area contributed by atoms with Crippen molar-refractivity contribution in [1.82, 2.24) is 4.72 Å². The highest BCUT2D eigenvalue weighted by molar-refractivity contribution is 7.89. The van der Waals surface area contributed by atoms with Crippen LogP contribution in [0.25, 0.3) is 0 Å². The van der Waals surface area contributed by atoms with Crippen molar-refractivity contribution in [2.45, 2.75) is 24.8 Å². The molecule has 1 amide bonds. The molecular formula is C17H17ClF2N2O3S. The van der Waals surface area contributed by atoms with Gasteiger partial charge in [0.15, 0.2) is 0 Å². The average Bonchev–Trinajstić information content (AvgIpc) is 2.51. The van der Waals surface area contributed by atoms with Crippen molar-refractivity contribution in [3.63, 3.8) is 0 Å². The summed E-state index contributed by atoms with van der Waals surface area (Å²) < 4.78 is 53.8. The minimum atomic E-state index is -4.02. The second kappa shape index (κ2) is 8.11. The highest BCUT2D eigenvalue weighted by atomic mass is 35.5. The molecule has 0 saturated carbocycles. The molecule has 2 aromatic carbocycles. The third kappa shape index (κ3) is 5.23. The Morgan fingerprint density at radius 1 is 1.08 bits per heavy atom. The molecule has 0 aliphatic carbocycles. The molecule has 1 atom stereocenters. The number of carbonyl (C=O) groups excluding carboxylic acids is 1. The lowest BCUT2D eigenvalue weighted by molar-refractivity contribution is -0.118. The summed E-state index contributed by atoms with van der Waals surface area (Å²) in [4.78, 5) is 12.3. The fourth-order valence-electron chi connectivity index (χ4n) is 2.21. The van der Waals surface area contributed by atoms with Gasteiger partial charge in [0.2, 0.25) is 15.9 Å². The van der Waals surface area contributed by atoms with Crippen LogP contribution in [0.1, 0.15) is 13.8 Å². The maximum atomic E-state index is 13.3. The molecule has 0 aliphatic heterocycles. The van der Waals surface area contributed by atoms with Crippen LogP contribution in [-0.4, -0.2) is 20.4 Å². The van der Waals surface area contributed by atoms with E-state index in [-0.39, 0.29) is 15.6 Å². The van der Waals surface area contributed by atoms with Crippen molar-refractivity contribution in [2.24, 2.45) is 5.92 Å². The Hall–Kier alpha value is -2.03. The summed E-state index contributed by atoms with van der Waals surface area (Å²) >= 11 is 5.81. The van der Waals surface area contributed by atoms with Crippen LogP contribution in [-0.2, 0) is 14.8 Å². The smallest absolute Gasteiger partial charge is 0.242 e.